The number of hydrogen-bond acceptors (Lipinski definition) is 2. The van der Waals surface area contributed by atoms with Gasteiger partial charge in [-0.3, -0.25) is 9.59 Å². The molecule has 0 spiro atoms. The van der Waals surface area contributed by atoms with Gasteiger partial charge in [0.05, 0.1) is 6.54 Å². The van der Waals surface area contributed by atoms with E-state index in [4.69, 9.17) is 0 Å². The fourth-order valence-electron chi connectivity index (χ4n) is 3.03. The molecular formula is C24H24N2O2. The van der Waals surface area contributed by atoms with E-state index in [9.17, 15) is 9.59 Å². The van der Waals surface area contributed by atoms with Gasteiger partial charge in [-0.15, -0.1) is 0 Å². The van der Waals surface area contributed by atoms with E-state index in [-0.39, 0.29) is 18.4 Å². The lowest BCUT2D eigenvalue weighted by Gasteiger charge is -2.27. The molecule has 0 aliphatic heterocycles. The summed E-state index contributed by atoms with van der Waals surface area (Å²) in [6.45, 7) is 3.91. The highest BCUT2D eigenvalue weighted by atomic mass is 16.2. The molecule has 0 radical (unpaired) electrons. The second-order valence-electron chi connectivity index (χ2n) is 6.74. The number of para-hydroxylation sites is 1. The Bertz CT molecular complexity index is 922. The van der Waals surface area contributed by atoms with Gasteiger partial charge in [-0.05, 0) is 36.8 Å². The van der Waals surface area contributed by atoms with Gasteiger partial charge in [0, 0.05) is 18.3 Å². The molecule has 0 N–H and O–H groups in total. The van der Waals surface area contributed by atoms with Gasteiger partial charge in [-0.2, -0.15) is 0 Å². The average Bonchev–Trinajstić information content (AvgIpc) is 2.72. The Kier molecular flexibility index (Phi) is 6.22. The van der Waals surface area contributed by atoms with E-state index in [0.717, 1.165) is 22.5 Å². The van der Waals surface area contributed by atoms with Crippen LogP contribution in [0.2, 0.25) is 0 Å². The number of benzene rings is 3. The average molecular weight is 372 g/mol. The Balaban J connectivity index is 1.87. The maximum Gasteiger partial charge on any atom is 0.247 e. The zero-order valence-electron chi connectivity index (χ0n) is 16.2. The van der Waals surface area contributed by atoms with Gasteiger partial charge < -0.3 is 9.80 Å². The Morgan fingerprint density at radius 2 is 1.25 bits per heavy atom. The Morgan fingerprint density at radius 1 is 0.714 bits per heavy atom. The van der Waals surface area contributed by atoms with Crippen molar-refractivity contribution >= 4 is 23.2 Å². The lowest BCUT2D eigenvalue weighted by Crippen LogP contribution is -2.42. The second kappa shape index (κ2) is 9.00. The number of anilines is 2. The fourth-order valence-corrected chi connectivity index (χ4v) is 3.03. The van der Waals surface area contributed by atoms with Crippen LogP contribution >= 0.6 is 0 Å². The molecule has 0 bridgehead atoms. The third-order valence-electron chi connectivity index (χ3n) is 4.57. The third kappa shape index (κ3) is 4.86. The summed E-state index contributed by atoms with van der Waals surface area (Å²) in [6.07, 6.45) is 0. The molecule has 0 saturated carbocycles. The van der Waals surface area contributed by atoms with Crippen LogP contribution in [0.4, 0.5) is 11.4 Å². The number of hydrogen-bond donors (Lipinski definition) is 0. The molecule has 0 aliphatic rings. The maximum atomic E-state index is 13.2. The zero-order valence-corrected chi connectivity index (χ0v) is 16.2. The lowest BCUT2D eigenvalue weighted by atomic mass is 10.2. The SMILES string of the molecule is CC(=O)N(CC(=O)N(Cc1ccccc1)c1ccccc1)c1ccc(C)cc1. The van der Waals surface area contributed by atoms with Crippen molar-refractivity contribution in [1.29, 1.82) is 0 Å². The van der Waals surface area contributed by atoms with Crippen molar-refractivity contribution in [2.24, 2.45) is 0 Å². The van der Waals surface area contributed by atoms with Gasteiger partial charge in [0.1, 0.15) is 6.54 Å². The van der Waals surface area contributed by atoms with Crippen LogP contribution in [0.5, 0.6) is 0 Å². The van der Waals surface area contributed by atoms with E-state index in [0.29, 0.717) is 6.54 Å². The predicted molar refractivity (Wildman–Crippen MR) is 113 cm³/mol. The number of nitrogens with zero attached hydrogens (tertiary/aromatic N) is 2. The molecule has 4 heteroatoms. The smallest absolute Gasteiger partial charge is 0.247 e. The van der Waals surface area contributed by atoms with Gasteiger partial charge >= 0.3 is 0 Å². The second-order valence-corrected chi connectivity index (χ2v) is 6.74. The number of amides is 2. The van der Waals surface area contributed by atoms with E-state index in [1.54, 1.807) is 4.90 Å². The normalized spacial score (nSPS) is 10.4. The molecule has 0 atom stereocenters. The minimum absolute atomic E-state index is 0.0138. The monoisotopic (exact) mass is 372 g/mol. The van der Waals surface area contributed by atoms with E-state index in [1.165, 1.54) is 11.8 Å². The van der Waals surface area contributed by atoms with Crippen LogP contribution in [0.25, 0.3) is 0 Å². The van der Waals surface area contributed by atoms with Crippen LogP contribution in [0.3, 0.4) is 0 Å². The van der Waals surface area contributed by atoms with Crippen molar-refractivity contribution in [2.45, 2.75) is 20.4 Å². The van der Waals surface area contributed by atoms with Crippen molar-refractivity contribution in [1.82, 2.24) is 0 Å². The molecule has 3 rings (SSSR count). The molecule has 0 saturated heterocycles. The molecule has 2 amide bonds. The van der Waals surface area contributed by atoms with Gasteiger partial charge in [0.25, 0.3) is 0 Å². The molecule has 0 aromatic heterocycles. The molecule has 4 nitrogen and oxygen atoms in total. The van der Waals surface area contributed by atoms with E-state index in [2.05, 4.69) is 0 Å². The summed E-state index contributed by atoms with van der Waals surface area (Å²) in [5, 5.41) is 0. The topological polar surface area (TPSA) is 40.6 Å². The van der Waals surface area contributed by atoms with Crippen LogP contribution < -0.4 is 9.80 Å². The Hall–Kier alpha value is -3.40. The summed E-state index contributed by atoms with van der Waals surface area (Å²) in [4.78, 5) is 28.7. The minimum Gasteiger partial charge on any atom is -0.306 e. The van der Waals surface area contributed by atoms with Gasteiger partial charge in [-0.25, -0.2) is 0 Å². The van der Waals surface area contributed by atoms with Crippen molar-refractivity contribution in [3.8, 4) is 0 Å². The van der Waals surface area contributed by atoms with Crippen molar-refractivity contribution in [3.63, 3.8) is 0 Å². The Labute approximate surface area is 166 Å². The largest absolute Gasteiger partial charge is 0.306 e. The molecular weight excluding hydrogens is 348 g/mol. The highest BCUT2D eigenvalue weighted by molar-refractivity contribution is 6.02. The summed E-state index contributed by atoms with van der Waals surface area (Å²) in [6, 6.07) is 27.0. The maximum absolute atomic E-state index is 13.2. The number of rotatable bonds is 6. The number of aryl methyl sites for hydroxylation is 1. The first-order valence-corrected chi connectivity index (χ1v) is 9.28. The highest BCUT2D eigenvalue weighted by Crippen LogP contribution is 2.20. The fraction of sp³-hybridized carbons (Fsp3) is 0.167. The van der Waals surface area contributed by atoms with Crippen molar-refractivity contribution in [2.75, 3.05) is 16.3 Å². The van der Waals surface area contributed by atoms with E-state index < -0.39 is 0 Å². The summed E-state index contributed by atoms with van der Waals surface area (Å²) in [5.74, 6) is -0.296. The summed E-state index contributed by atoms with van der Waals surface area (Å²) >= 11 is 0. The van der Waals surface area contributed by atoms with E-state index >= 15 is 0 Å². The molecule has 28 heavy (non-hydrogen) atoms. The molecule has 0 heterocycles. The Morgan fingerprint density at radius 3 is 1.82 bits per heavy atom. The molecule has 3 aromatic rings. The molecule has 0 fully saturated rings. The van der Waals surface area contributed by atoms with E-state index in [1.807, 2.05) is 91.9 Å². The quantitative estimate of drug-likeness (QED) is 0.635. The van der Waals surface area contributed by atoms with Gasteiger partial charge in [0.15, 0.2) is 0 Å². The minimum atomic E-state index is -0.162. The van der Waals surface area contributed by atoms with Crippen LogP contribution in [-0.2, 0) is 16.1 Å². The molecule has 0 unspecified atom stereocenters. The van der Waals surface area contributed by atoms with Crippen LogP contribution in [0.15, 0.2) is 84.9 Å². The molecule has 142 valence electrons. The summed E-state index contributed by atoms with van der Waals surface area (Å²) in [5.41, 5.74) is 3.67. The van der Waals surface area contributed by atoms with Crippen molar-refractivity contribution < 1.29 is 9.59 Å². The number of carbonyl (C=O) groups is 2. The highest BCUT2D eigenvalue weighted by Gasteiger charge is 2.22. The first kappa shape index (κ1) is 19.4. The lowest BCUT2D eigenvalue weighted by molar-refractivity contribution is -0.121. The first-order valence-electron chi connectivity index (χ1n) is 9.28. The standard InChI is InChI=1S/C24H24N2O2/c1-19-13-15-23(16-14-19)25(20(2)27)18-24(28)26(22-11-7-4-8-12-22)17-21-9-5-3-6-10-21/h3-16H,17-18H2,1-2H3. The van der Waals surface area contributed by atoms with Crippen LogP contribution in [-0.4, -0.2) is 18.4 Å². The van der Waals surface area contributed by atoms with Crippen LogP contribution in [0, 0.1) is 6.92 Å². The third-order valence-corrected chi connectivity index (χ3v) is 4.57. The zero-order chi connectivity index (χ0) is 19.9. The molecule has 3 aromatic carbocycles. The predicted octanol–water partition coefficient (Wildman–Crippen LogP) is 4.58. The van der Waals surface area contributed by atoms with Crippen molar-refractivity contribution in [3.05, 3.63) is 96.1 Å². The first-order chi connectivity index (χ1) is 13.5. The summed E-state index contributed by atoms with van der Waals surface area (Å²) < 4.78 is 0. The van der Waals surface area contributed by atoms with Gasteiger partial charge in [0.2, 0.25) is 11.8 Å². The summed E-state index contributed by atoms with van der Waals surface area (Å²) in [7, 11) is 0. The van der Waals surface area contributed by atoms with Gasteiger partial charge in [-0.1, -0.05) is 66.2 Å². The van der Waals surface area contributed by atoms with Crippen LogP contribution in [0.1, 0.15) is 18.1 Å². The number of carbonyl (C=O) groups excluding carboxylic acids is 2. The molecule has 0 aliphatic carbocycles.